The van der Waals surface area contributed by atoms with Crippen molar-refractivity contribution in [1.29, 1.82) is 0 Å². The summed E-state index contributed by atoms with van der Waals surface area (Å²) in [6.45, 7) is 11.2. The summed E-state index contributed by atoms with van der Waals surface area (Å²) in [7, 11) is 0. The summed E-state index contributed by atoms with van der Waals surface area (Å²) < 4.78 is 0. The molecule has 0 aromatic heterocycles. The summed E-state index contributed by atoms with van der Waals surface area (Å²) in [5, 5.41) is 3.40. The van der Waals surface area contributed by atoms with Crippen molar-refractivity contribution in [3.63, 3.8) is 0 Å². The Kier molecular flexibility index (Phi) is 5.86. The van der Waals surface area contributed by atoms with Gasteiger partial charge in [0, 0.05) is 6.04 Å². The second-order valence-electron chi connectivity index (χ2n) is 2.66. The smallest absolute Gasteiger partial charge is 0.0277 e. The third-order valence-corrected chi connectivity index (χ3v) is 1.79. The molecular formula is C10H19N. The zero-order chi connectivity index (χ0) is 8.69. The molecule has 1 N–H and O–H groups in total. The molecule has 0 saturated heterocycles. The maximum absolute atomic E-state index is 3.67. The molecule has 0 saturated carbocycles. The molecule has 0 bridgehead atoms. The Balaban J connectivity index is 4.00. The molecule has 0 aromatic carbocycles. The lowest BCUT2D eigenvalue weighted by Crippen LogP contribution is -2.28. The summed E-state index contributed by atoms with van der Waals surface area (Å²) in [6, 6.07) is 0.526. The van der Waals surface area contributed by atoms with Crippen molar-refractivity contribution in [3.05, 3.63) is 24.3 Å². The third kappa shape index (κ3) is 3.99. The Bertz CT molecular complexity index is 136. The van der Waals surface area contributed by atoms with E-state index in [1.807, 2.05) is 6.08 Å². The summed E-state index contributed by atoms with van der Waals surface area (Å²) in [5.74, 6) is 0. The molecular weight excluding hydrogens is 134 g/mol. The highest BCUT2D eigenvalue weighted by atomic mass is 14.9. The number of likely N-dealkylation sites (N-methyl/N-ethyl adjacent to an activating group) is 1. The number of hydrogen-bond acceptors (Lipinski definition) is 1. The summed E-state index contributed by atoms with van der Waals surface area (Å²) in [5.41, 5.74) is 1.37. The fourth-order valence-electron chi connectivity index (χ4n) is 1.18. The largest absolute Gasteiger partial charge is 0.311 e. The van der Waals surface area contributed by atoms with Gasteiger partial charge in [-0.3, -0.25) is 0 Å². The molecule has 0 fully saturated rings. The van der Waals surface area contributed by atoms with Gasteiger partial charge in [0.25, 0.3) is 0 Å². The molecule has 1 heteroatoms. The van der Waals surface area contributed by atoms with Crippen LogP contribution in [0.4, 0.5) is 0 Å². The highest BCUT2D eigenvalue weighted by Crippen LogP contribution is 2.04. The number of nitrogens with one attached hydrogen (secondary N) is 1. The van der Waals surface area contributed by atoms with Crippen LogP contribution < -0.4 is 5.32 Å². The Labute approximate surface area is 70.2 Å². The first-order valence-corrected chi connectivity index (χ1v) is 4.28. The molecule has 0 amide bonds. The zero-order valence-corrected chi connectivity index (χ0v) is 7.85. The van der Waals surface area contributed by atoms with Gasteiger partial charge in [-0.15, -0.1) is 0 Å². The molecule has 64 valence electrons. The first kappa shape index (κ1) is 10.4. The quantitative estimate of drug-likeness (QED) is 0.598. The topological polar surface area (TPSA) is 12.0 Å². The summed E-state index contributed by atoms with van der Waals surface area (Å²) in [6.07, 6.45) is 5.05. The molecule has 0 aliphatic heterocycles. The Hall–Kier alpha value is -0.560. The number of rotatable bonds is 5. The molecule has 1 atom stereocenters. The molecule has 11 heavy (non-hydrogen) atoms. The predicted molar refractivity (Wildman–Crippen MR) is 51.7 cm³/mol. The van der Waals surface area contributed by atoms with Gasteiger partial charge in [0.05, 0.1) is 0 Å². The molecule has 1 unspecified atom stereocenters. The normalized spacial score (nSPS) is 14.6. The highest BCUT2D eigenvalue weighted by Gasteiger charge is 2.03. The lowest BCUT2D eigenvalue weighted by molar-refractivity contribution is 0.574. The van der Waals surface area contributed by atoms with E-state index in [0.717, 1.165) is 13.0 Å². The Morgan fingerprint density at radius 1 is 1.55 bits per heavy atom. The van der Waals surface area contributed by atoms with E-state index in [9.17, 15) is 0 Å². The van der Waals surface area contributed by atoms with Crippen LogP contribution in [0.1, 0.15) is 27.2 Å². The van der Waals surface area contributed by atoms with Gasteiger partial charge in [0.2, 0.25) is 0 Å². The van der Waals surface area contributed by atoms with Crippen molar-refractivity contribution in [2.75, 3.05) is 6.54 Å². The van der Waals surface area contributed by atoms with E-state index in [4.69, 9.17) is 0 Å². The first-order chi connectivity index (χ1) is 5.26. The second kappa shape index (κ2) is 6.17. The monoisotopic (exact) mass is 153 g/mol. The van der Waals surface area contributed by atoms with Crippen molar-refractivity contribution < 1.29 is 0 Å². The molecule has 0 aromatic rings. The van der Waals surface area contributed by atoms with Crippen LogP contribution in [0.3, 0.4) is 0 Å². The molecule has 0 rings (SSSR count). The lowest BCUT2D eigenvalue weighted by atomic mass is 10.1. The van der Waals surface area contributed by atoms with Crippen molar-refractivity contribution in [2.24, 2.45) is 0 Å². The lowest BCUT2D eigenvalue weighted by Gasteiger charge is -2.15. The van der Waals surface area contributed by atoms with Crippen LogP contribution in [-0.4, -0.2) is 12.6 Å². The van der Waals surface area contributed by atoms with E-state index in [0.29, 0.717) is 6.04 Å². The first-order valence-electron chi connectivity index (χ1n) is 4.28. The maximum atomic E-state index is 3.67. The molecule has 0 aliphatic rings. The van der Waals surface area contributed by atoms with Crippen molar-refractivity contribution in [1.82, 2.24) is 5.32 Å². The van der Waals surface area contributed by atoms with Crippen LogP contribution in [0.5, 0.6) is 0 Å². The zero-order valence-electron chi connectivity index (χ0n) is 7.85. The highest BCUT2D eigenvalue weighted by molar-refractivity contribution is 5.13. The minimum atomic E-state index is 0.526. The van der Waals surface area contributed by atoms with Crippen LogP contribution >= 0.6 is 0 Å². The van der Waals surface area contributed by atoms with Gasteiger partial charge in [-0.25, -0.2) is 0 Å². The van der Waals surface area contributed by atoms with Crippen molar-refractivity contribution in [3.8, 4) is 0 Å². The van der Waals surface area contributed by atoms with E-state index in [2.05, 4.69) is 38.7 Å². The number of allylic oxidation sites excluding steroid dienone is 2. The standard InChI is InChI=1S/C10H19N/c1-5-8-9(4)10(6-2)11-7-3/h5,8,10-11H,1,6-7H2,2-4H3/b9-8+. The fraction of sp³-hybridized carbons (Fsp3) is 0.600. The minimum absolute atomic E-state index is 0.526. The average molecular weight is 153 g/mol. The molecule has 0 spiro atoms. The van der Waals surface area contributed by atoms with E-state index in [1.165, 1.54) is 5.57 Å². The second-order valence-corrected chi connectivity index (χ2v) is 2.66. The van der Waals surface area contributed by atoms with Crippen LogP contribution in [0.25, 0.3) is 0 Å². The van der Waals surface area contributed by atoms with Crippen LogP contribution in [0, 0.1) is 0 Å². The Morgan fingerprint density at radius 3 is 2.55 bits per heavy atom. The van der Waals surface area contributed by atoms with Gasteiger partial charge in [0.1, 0.15) is 0 Å². The van der Waals surface area contributed by atoms with Gasteiger partial charge < -0.3 is 5.32 Å². The third-order valence-electron chi connectivity index (χ3n) is 1.79. The van der Waals surface area contributed by atoms with E-state index >= 15 is 0 Å². The SMILES string of the molecule is C=C/C=C(\C)C(CC)NCC. The fourth-order valence-corrected chi connectivity index (χ4v) is 1.18. The Morgan fingerprint density at radius 2 is 2.18 bits per heavy atom. The van der Waals surface area contributed by atoms with Gasteiger partial charge in [-0.1, -0.05) is 38.2 Å². The van der Waals surface area contributed by atoms with Gasteiger partial charge >= 0.3 is 0 Å². The van der Waals surface area contributed by atoms with E-state index in [1.54, 1.807) is 0 Å². The van der Waals surface area contributed by atoms with Gasteiger partial charge in [-0.2, -0.15) is 0 Å². The van der Waals surface area contributed by atoms with Crippen molar-refractivity contribution in [2.45, 2.75) is 33.2 Å². The molecule has 0 radical (unpaired) electrons. The van der Waals surface area contributed by atoms with Gasteiger partial charge in [0.15, 0.2) is 0 Å². The molecule has 0 heterocycles. The predicted octanol–water partition coefficient (Wildman–Crippen LogP) is 2.51. The average Bonchev–Trinajstić information content (AvgIpc) is 2.00. The maximum Gasteiger partial charge on any atom is 0.0277 e. The minimum Gasteiger partial charge on any atom is -0.311 e. The molecule has 1 nitrogen and oxygen atoms in total. The van der Waals surface area contributed by atoms with Crippen molar-refractivity contribution >= 4 is 0 Å². The summed E-state index contributed by atoms with van der Waals surface area (Å²) >= 11 is 0. The van der Waals surface area contributed by atoms with Crippen LogP contribution in [0.2, 0.25) is 0 Å². The van der Waals surface area contributed by atoms with Crippen LogP contribution in [-0.2, 0) is 0 Å². The van der Waals surface area contributed by atoms with Crippen LogP contribution in [0.15, 0.2) is 24.3 Å². The van der Waals surface area contributed by atoms with Gasteiger partial charge in [-0.05, 0) is 19.9 Å². The van der Waals surface area contributed by atoms with E-state index in [-0.39, 0.29) is 0 Å². The van der Waals surface area contributed by atoms with E-state index < -0.39 is 0 Å². The molecule has 0 aliphatic carbocycles. The number of hydrogen-bond donors (Lipinski definition) is 1. The summed E-state index contributed by atoms with van der Waals surface area (Å²) in [4.78, 5) is 0.